The lowest BCUT2D eigenvalue weighted by atomic mass is 9.33. The van der Waals surface area contributed by atoms with E-state index < -0.39 is 0 Å². The third kappa shape index (κ3) is 6.27. The van der Waals surface area contributed by atoms with Crippen molar-refractivity contribution in [2.24, 2.45) is 0 Å². The Labute approximate surface area is 402 Å². The summed E-state index contributed by atoms with van der Waals surface area (Å²) in [6, 6.07) is 72.2. The fourth-order valence-electron chi connectivity index (χ4n) is 11.0. The van der Waals surface area contributed by atoms with Gasteiger partial charge in [0.1, 0.15) is 11.2 Å². The van der Waals surface area contributed by atoms with Crippen molar-refractivity contribution in [3.8, 4) is 0 Å². The molecule has 9 aromatic carbocycles. The summed E-state index contributed by atoms with van der Waals surface area (Å²) in [5.74, 6) is 0. The van der Waals surface area contributed by atoms with Crippen molar-refractivity contribution in [1.29, 1.82) is 0 Å². The second-order valence-corrected chi connectivity index (χ2v) is 21.6. The highest BCUT2D eigenvalue weighted by atomic mass is 32.1. The third-order valence-corrected chi connectivity index (χ3v) is 15.6. The number of benzene rings is 9. The molecule has 328 valence electrons. The van der Waals surface area contributed by atoms with Gasteiger partial charge in [0.25, 0.3) is 6.71 Å². The minimum absolute atomic E-state index is 0.0186. The van der Waals surface area contributed by atoms with Gasteiger partial charge in [0, 0.05) is 71.7 Å². The van der Waals surface area contributed by atoms with Crippen molar-refractivity contribution >= 4 is 128 Å². The SMILES string of the molecule is CC(C)(C)c1ccc(N2c3cc(N(c4ccccc4)c4ccc5oc6ccccc6c5c4)ccc3B3c4ccc5c(sc6ccccc65)c4N(c4ccc(C(C)(C)C)cc4)c4cccc2c43)cc1. The van der Waals surface area contributed by atoms with Crippen LogP contribution in [0.5, 0.6) is 0 Å². The highest BCUT2D eigenvalue weighted by molar-refractivity contribution is 7.26. The molecule has 0 saturated carbocycles. The molecule has 4 nitrogen and oxygen atoms in total. The van der Waals surface area contributed by atoms with Crippen molar-refractivity contribution in [2.75, 3.05) is 14.7 Å². The van der Waals surface area contributed by atoms with Gasteiger partial charge in [-0.2, -0.15) is 0 Å². The van der Waals surface area contributed by atoms with Gasteiger partial charge in [-0.25, -0.2) is 0 Å². The normalized spacial score (nSPS) is 13.4. The maximum absolute atomic E-state index is 6.34. The first-order valence-electron chi connectivity index (χ1n) is 23.8. The van der Waals surface area contributed by atoms with Crippen LogP contribution in [0.3, 0.4) is 0 Å². The van der Waals surface area contributed by atoms with Gasteiger partial charge >= 0.3 is 0 Å². The Balaban J connectivity index is 1.08. The van der Waals surface area contributed by atoms with Gasteiger partial charge in [-0.1, -0.05) is 145 Å². The van der Waals surface area contributed by atoms with Crippen LogP contribution < -0.4 is 31.1 Å². The average molecular weight is 896 g/mol. The van der Waals surface area contributed by atoms with Crippen molar-refractivity contribution in [3.05, 3.63) is 205 Å². The zero-order chi connectivity index (χ0) is 46.1. The minimum atomic E-state index is -0.0242. The third-order valence-electron chi connectivity index (χ3n) is 14.4. The molecular weight excluding hydrogens is 846 g/mol. The summed E-state index contributed by atoms with van der Waals surface area (Å²) in [7, 11) is 0. The molecule has 0 fully saturated rings. The molecule has 13 rings (SSSR count). The fourth-order valence-corrected chi connectivity index (χ4v) is 12.2. The van der Waals surface area contributed by atoms with Crippen LogP contribution in [-0.2, 0) is 10.8 Å². The monoisotopic (exact) mass is 895 g/mol. The molecule has 0 spiro atoms. The molecule has 6 heteroatoms. The van der Waals surface area contributed by atoms with Gasteiger partial charge in [-0.15, -0.1) is 11.3 Å². The second-order valence-electron chi connectivity index (χ2n) is 20.6. The number of thiophene rings is 1. The molecule has 68 heavy (non-hydrogen) atoms. The Morgan fingerprint density at radius 1 is 0.441 bits per heavy atom. The van der Waals surface area contributed by atoms with Gasteiger partial charge < -0.3 is 19.1 Å². The number of rotatable bonds is 5. The lowest BCUT2D eigenvalue weighted by molar-refractivity contribution is 0.590. The van der Waals surface area contributed by atoms with E-state index in [1.165, 1.54) is 76.1 Å². The standard InChI is InChI=1S/C62H50BN3OS/c1-61(2,3)39-23-27-42(28-24-39)65-52-19-14-20-53-58(52)63(51-35-33-48-47-18-11-13-22-57(47)68-60(48)59(51)66(53)43-29-25-40(26-30-43)62(4,5)6)50-34-31-45(38-54(50)65)64(41-15-8-7-9-16-41)44-32-36-56-49(37-44)46-17-10-12-21-55(46)67-56/h7-38H,1-6H3. The van der Waals surface area contributed by atoms with Crippen molar-refractivity contribution in [3.63, 3.8) is 0 Å². The Morgan fingerprint density at radius 2 is 1.03 bits per heavy atom. The summed E-state index contributed by atoms with van der Waals surface area (Å²) < 4.78 is 8.96. The summed E-state index contributed by atoms with van der Waals surface area (Å²) in [6.45, 7) is 13.7. The van der Waals surface area contributed by atoms with E-state index in [1.54, 1.807) is 0 Å². The molecule has 0 radical (unpaired) electrons. The van der Waals surface area contributed by atoms with E-state index in [2.05, 4.69) is 244 Å². The molecular formula is C62H50BN3OS. The quantitative estimate of drug-likeness (QED) is 0.161. The first-order chi connectivity index (χ1) is 33.0. The molecule has 2 aromatic heterocycles. The lowest BCUT2D eigenvalue weighted by Gasteiger charge is -2.44. The van der Waals surface area contributed by atoms with Crippen LogP contribution in [0.4, 0.5) is 51.2 Å². The smallest absolute Gasteiger partial charge is 0.252 e. The number of hydrogen-bond donors (Lipinski definition) is 0. The van der Waals surface area contributed by atoms with Crippen LogP contribution in [0.2, 0.25) is 0 Å². The molecule has 0 atom stereocenters. The van der Waals surface area contributed by atoms with Crippen LogP contribution in [0.25, 0.3) is 42.1 Å². The van der Waals surface area contributed by atoms with Gasteiger partial charge in [-0.05, 0) is 129 Å². The number of nitrogens with zero attached hydrogens (tertiary/aromatic N) is 3. The van der Waals surface area contributed by atoms with Gasteiger partial charge in [0.05, 0.1) is 10.4 Å². The van der Waals surface area contributed by atoms with Crippen molar-refractivity contribution in [2.45, 2.75) is 52.4 Å². The zero-order valence-corrected chi connectivity index (χ0v) is 40.0. The van der Waals surface area contributed by atoms with Gasteiger partial charge in [0.15, 0.2) is 0 Å². The molecule has 0 bridgehead atoms. The highest BCUT2D eigenvalue weighted by Gasteiger charge is 2.44. The summed E-state index contributed by atoms with van der Waals surface area (Å²) in [4.78, 5) is 7.50. The summed E-state index contributed by atoms with van der Waals surface area (Å²) in [5.41, 5.74) is 18.8. The second kappa shape index (κ2) is 15.0. The van der Waals surface area contributed by atoms with Crippen LogP contribution in [0.15, 0.2) is 199 Å². The van der Waals surface area contributed by atoms with Crippen molar-refractivity contribution < 1.29 is 4.42 Å². The van der Waals surface area contributed by atoms with Crippen LogP contribution >= 0.6 is 11.3 Å². The van der Waals surface area contributed by atoms with Crippen molar-refractivity contribution in [1.82, 2.24) is 0 Å². The van der Waals surface area contributed by atoms with E-state index in [9.17, 15) is 0 Å². The number of anilines is 9. The topological polar surface area (TPSA) is 22.9 Å². The van der Waals surface area contributed by atoms with E-state index >= 15 is 0 Å². The summed E-state index contributed by atoms with van der Waals surface area (Å²) in [6.07, 6.45) is 0. The maximum atomic E-state index is 6.34. The molecule has 0 unspecified atom stereocenters. The molecule has 4 heterocycles. The molecule has 0 amide bonds. The largest absolute Gasteiger partial charge is 0.456 e. The fraction of sp³-hybridized carbons (Fsp3) is 0.129. The summed E-state index contributed by atoms with van der Waals surface area (Å²) >= 11 is 1.91. The highest BCUT2D eigenvalue weighted by Crippen LogP contribution is 2.50. The first-order valence-corrected chi connectivity index (χ1v) is 24.6. The molecule has 11 aromatic rings. The molecule has 0 N–H and O–H groups in total. The Morgan fingerprint density at radius 3 is 1.75 bits per heavy atom. The molecule has 0 aliphatic carbocycles. The van der Waals surface area contributed by atoms with Gasteiger partial charge in [-0.3, -0.25) is 0 Å². The van der Waals surface area contributed by atoms with Crippen LogP contribution in [0, 0.1) is 0 Å². The predicted octanol–water partition coefficient (Wildman–Crippen LogP) is 16.1. The number of hydrogen-bond acceptors (Lipinski definition) is 5. The number of furan rings is 1. The minimum Gasteiger partial charge on any atom is -0.456 e. The summed E-state index contributed by atoms with van der Waals surface area (Å²) in [5, 5.41) is 4.82. The Hall–Kier alpha value is -7.54. The van der Waals surface area contributed by atoms with E-state index in [1.807, 2.05) is 17.4 Å². The van der Waals surface area contributed by atoms with E-state index in [-0.39, 0.29) is 17.5 Å². The van der Waals surface area contributed by atoms with E-state index in [4.69, 9.17) is 4.42 Å². The van der Waals surface area contributed by atoms with E-state index in [0.29, 0.717) is 0 Å². The molecule has 2 aliphatic heterocycles. The zero-order valence-electron chi connectivity index (χ0n) is 39.2. The molecule has 0 saturated heterocycles. The number of para-hydroxylation sites is 2. The Bertz CT molecular complexity index is 3780. The van der Waals surface area contributed by atoms with Crippen LogP contribution in [-0.4, -0.2) is 6.71 Å². The van der Waals surface area contributed by atoms with E-state index in [0.717, 1.165) is 44.7 Å². The lowest BCUT2D eigenvalue weighted by Crippen LogP contribution is -2.61. The number of fused-ring (bicyclic) bond motifs is 11. The maximum Gasteiger partial charge on any atom is 0.252 e. The average Bonchev–Trinajstić information content (AvgIpc) is 3.92. The predicted molar refractivity (Wildman–Crippen MR) is 293 cm³/mol. The Kier molecular flexibility index (Phi) is 8.97. The van der Waals surface area contributed by atoms with Crippen LogP contribution in [0.1, 0.15) is 52.7 Å². The van der Waals surface area contributed by atoms with Gasteiger partial charge in [0.2, 0.25) is 0 Å². The molecule has 2 aliphatic rings. The first kappa shape index (κ1) is 40.7.